The van der Waals surface area contributed by atoms with Crippen molar-refractivity contribution >= 4 is 40.5 Å². The Kier molecular flexibility index (Phi) is 4.86. The summed E-state index contributed by atoms with van der Waals surface area (Å²) in [6, 6.07) is 8.33. The average molecular weight is 333 g/mol. The lowest BCUT2D eigenvalue weighted by Crippen LogP contribution is -2.01. The molecular weight excluding hydrogens is 321 g/mol. The van der Waals surface area contributed by atoms with E-state index in [1.54, 1.807) is 30.3 Å². The molecule has 0 bridgehead atoms. The van der Waals surface area contributed by atoms with Crippen LogP contribution in [0.2, 0.25) is 15.1 Å². The van der Waals surface area contributed by atoms with E-state index in [2.05, 4.69) is 5.32 Å². The summed E-state index contributed by atoms with van der Waals surface area (Å²) in [5.74, 6) is 0.511. The van der Waals surface area contributed by atoms with Gasteiger partial charge in [-0.15, -0.1) is 0 Å². The van der Waals surface area contributed by atoms with Crippen LogP contribution in [0, 0.1) is 0 Å². The zero-order valence-electron chi connectivity index (χ0n) is 10.6. The van der Waals surface area contributed by atoms with Gasteiger partial charge in [-0.25, -0.2) is 0 Å². The molecule has 2 aromatic rings. The monoisotopic (exact) mass is 331 g/mol. The smallest absolute Gasteiger partial charge is 0.160 e. The highest BCUT2D eigenvalue weighted by atomic mass is 35.5. The van der Waals surface area contributed by atoms with Crippen molar-refractivity contribution in [3.8, 4) is 11.5 Å². The van der Waals surface area contributed by atoms with Gasteiger partial charge < -0.3 is 15.2 Å². The zero-order chi connectivity index (χ0) is 14.7. The van der Waals surface area contributed by atoms with Crippen LogP contribution in [0.3, 0.4) is 0 Å². The van der Waals surface area contributed by atoms with Crippen LogP contribution in [-0.4, -0.2) is 12.2 Å². The topological polar surface area (TPSA) is 41.5 Å². The van der Waals surface area contributed by atoms with E-state index in [1.807, 2.05) is 0 Å². The third-order valence-electron chi connectivity index (χ3n) is 2.72. The Hall–Kier alpha value is -1.29. The summed E-state index contributed by atoms with van der Waals surface area (Å²) in [5, 5.41) is 14.1. The molecule has 2 aromatic carbocycles. The van der Waals surface area contributed by atoms with Crippen molar-refractivity contribution in [3.05, 3.63) is 51.0 Å². The van der Waals surface area contributed by atoms with Gasteiger partial charge in [0.25, 0.3) is 0 Å². The van der Waals surface area contributed by atoms with Gasteiger partial charge in [0.2, 0.25) is 0 Å². The van der Waals surface area contributed by atoms with Crippen LogP contribution in [0.15, 0.2) is 30.3 Å². The maximum Gasteiger partial charge on any atom is 0.160 e. The minimum absolute atomic E-state index is 0.0961. The summed E-state index contributed by atoms with van der Waals surface area (Å²) >= 11 is 18.0. The molecule has 6 heteroatoms. The number of aromatic hydroxyl groups is 1. The minimum atomic E-state index is 0.0961. The molecule has 0 saturated heterocycles. The van der Waals surface area contributed by atoms with E-state index < -0.39 is 0 Å². The second-order valence-corrected chi connectivity index (χ2v) is 5.36. The van der Waals surface area contributed by atoms with Crippen molar-refractivity contribution in [1.29, 1.82) is 0 Å². The fourth-order valence-corrected chi connectivity index (χ4v) is 2.68. The maximum absolute atomic E-state index is 9.54. The molecule has 0 saturated carbocycles. The molecule has 0 radical (unpaired) electrons. The van der Waals surface area contributed by atoms with Gasteiger partial charge in [-0.05, 0) is 29.8 Å². The van der Waals surface area contributed by atoms with Gasteiger partial charge in [0, 0.05) is 11.6 Å². The number of halogens is 3. The molecule has 0 amide bonds. The predicted molar refractivity (Wildman–Crippen MR) is 83.5 cm³/mol. The highest BCUT2D eigenvalue weighted by Gasteiger charge is 2.08. The molecule has 0 atom stereocenters. The molecule has 20 heavy (non-hydrogen) atoms. The molecule has 0 aliphatic heterocycles. The van der Waals surface area contributed by atoms with Crippen molar-refractivity contribution < 1.29 is 9.84 Å². The summed E-state index contributed by atoms with van der Waals surface area (Å²) in [7, 11) is 1.50. The average Bonchev–Trinajstić information content (AvgIpc) is 2.39. The molecule has 0 aliphatic carbocycles. The number of methoxy groups -OCH3 is 1. The number of hydrogen-bond acceptors (Lipinski definition) is 3. The van der Waals surface area contributed by atoms with Crippen LogP contribution in [0.1, 0.15) is 5.56 Å². The van der Waals surface area contributed by atoms with Crippen molar-refractivity contribution in [2.45, 2.75) is 6.54 Å². The van der Waals surface area contributed by atoms with E-state index >= 15 is 0 Å². The van der Waals surface area contributed by atoms with Gasteiger partial charge in [0.15, 0.2) is 11.5 Å². The quantitative estimate of drug-likeness (QED) is 0.830. The lowest BCUT2D eigenvalue weighted by Gasteiger charge is -2.12. The standard InChI is InChI=1S/C14H12Cl3NO2/c1-20-13-4-8(2-3-12(13)19)7-18-14-10(16)5-9(15)6-11(14)17/h2-6,18-19H,7H2,1H3. The maximum atomic E-state index is 9.54. The fourth-order valence-electron chi connectivity index (χ4n) is 1.73. The first kappa shape index (κ1) is 15.1. The van der Waals surface area contributed by atoms with Crippen LogP contribution >= 0.6 is 34.8 Å². The summed E-state index contributed by atoms with van der Waals surface area (Å²) in [6.45, 7) is 0.484. The Balaban J connectivity index is 2.17. The SMILES string of the molecule is COc1cc(CNc2c(Cl)cc(Cl)cc2Cl)ccc1O. The zero-order valence-corrected chi connectivity index (χ0v) is 12.9. The van der Waals surface area contributed by atoms with Gasteiger partial charge in [-0.1, -0.05) is 40.9 Å². The molecule has 0 aliphatic rings. The molecule has 0 fully saturated rings. The fraction of sp³-hybridized carbons (Fsp3) is 0.143. The van der Waals surface area contributed by atoms with Crippen LogP contribution in [-0.2, 0) is 6.54 Å². The van der Waals surface area contributed by atoms with Crippen LogP contribution in [0.5, 0.6) is 11.5 Å². The molecule has 0 aromatic heterocycles. The minimum Gasteiger partial charge on any atom is -0.504 e. The van der Waals surface area contributed by atoms with Crippen LogP contribution in [0.4, 0.5) is 5.69 Å². The normalized spacial score (nSPS) is 10.4. The summed E-state index contributed by atoms with van der Waals surface area (Å²) in [6.07, 6.45) is 0. The summed E-state index contributed by atoms with van der Waals surface area (Å²) in [4.78, 5) is 0. The second-order valence-electron chi connectivity index (χ2n) is 4.10. The number of ether oxygens (including phenoxy) is 1. The van der Waals surface area contributed by atoms with E-state index in [-0.39, 0.29) is 5.75 Å². The largest absolute Gasteiger partial charge is 0.504 e. The van der Waals surface area contributed by atoms with Crippen LogP contribution in [0.25, 0.3) is 0 Å². The molecule has 0 heterocycles. The highest BCUT2D eigenvalue weighted by Crippen LogP contribution is 2.34. The van der Waals surface area contributed by atoms with Gasteiger partial charge >= 0.3 is 0 Å². The first-order valence-corrected chi connectivity index (χ1v) is 6.89. The van der Waals surface area contributed by atoms with Crippen LogP contribution < -0.4 is 10.1 Å². The number of anilines is 1. The Labute approximate surface area is 132 Å². The Morgan fingerprint density at radius 3 is 2.35 bits per heavy atom. The predicted octanol–water partition coefficient (Wildman–Crippen LogP) is 4.97. The lowest BCUT2D eigenvalue weighted by atomic mass is 10.2. The summed E-state index contributed by atoms with van der Waals surface area (Å²) < 4.78 is 5.05. The molecule has 0 spiro atoms. The van der Waals surface area contributed by atoms with E-state index in [1.165, 1.54) is 7.11 Å². The Morgan fingerprint density at radius 1 is 1.10 bits per heavy atom. The van der Waals surface area contributed by atoms with Crippen molar-refractivity contribution in [2.75, 3.05) is 12.4 Å². The number of phenols is 1. The second kappa shape index (κ2) is 6.44. The van der Waals surface area contributed by atoms with E-state index in [0.717, 1.165) is 5.56 Å². The van der Waals surface area contributed by atoms with Crippen molar-refractivity contribution in [1.82, 2.24) is 0 Å². The summed E-state index contributed by atoms with van der Waals surface area (Å²) in [5.41, 5.74) is 1.53. The third kappa shape index (κ3) is 3.42. The van der Waals surface area contributed by atoms with Gasteiger partial charge in [-0.3, -0.25) is 0 Å². The van der Waals surface area contributed by atoms with Gasteiger partial charge in [0.05, 0.1) is 22.8 Å². The number of benzene rings is 2. The third-order valence-corrected chi connectivity index (χ3v) is 3.53. The molecular formula is C14H12Cl3NO2. The molecule has 0 unspecified atom stereocenters. The lowest BCUT2D eigenvalue weighted by molar-refractivity contribution is 0.373. The molecule has 2 rings (SSSR count). The van der Waals surface area contributed by atoms with E-state index in [0.29, 0.717) is 33.0 Å². The highest BCUT2D eigenvalue weighted by molar-refractivity contribution is 6.41. The number of rotatable bonds is 4. The molecule has 2 N–H and O–H groups in total. The van der Waals surface area contributed by atoms with Gasteiger partial charge in [0.1, 0.15) is 0 Å². The number of nitrogens with one attached hydrogen (secondary N) is 1. The first-order valence-electron chi connectivity index (χ1n) is 5.75. The van der Waals surface area contributed by atoms with E-state index in [4.69, 9.17) is 39.5 Å². The molecule has 106 valence electrons. The van der Waals surface area contributed by atoms with Gasteiger partial charge in [-0.2, -0.15) is 0 Å². The number of hydrogen-bond donors (Lipinski definition) is 2. The van der Waals surface area contributed by atoms with Crippen molar-refractivity contribution in [3.63, 3.8) is 0 Å². The Morgan fingerprint density at radius 2 is 1.75 bits per heavy atom. The first-order chi connectivity index (χ1) is 9.51. The van der Waals surface area contributed by atoms with E-state index in [9.17, 15) is 5.11 Å². The van der Waals surface area contributed by atoms with Crippen molar-refractivity contribution in [2.24, 2.45) is 0 Å². The number of phenolic OH excluding ortho intramolecular Hbond substituents is 1. The molecule has 3 nitrogen and oxygen atoms in total. The Bertz CT molecular complexity index is 609.